The van der Waals surface area contributed by atoms with Gasteiger partial charge in [-0.2, -0.15) is 0 Å². The predicted octanol–water partition coefficient (Wildman–Crippen LogP) is 2.06. The maximum Gasteiger partial charge on any atom is 0.315 e. The summed E-state index contributed by atoms with van der Waals surface area (Å²) in [6, 6.07) is 6.07. The Morgan fingerprint density at radius 1 is 1.24 bits per heavy atom. The fourth-order valence-electron chi connectivity index (χ4n) is 2.13. The molecule has 0 saturated heterocycles. The van der Waals surface area contributed by atoms with Gasteiger partial charge in [0.15, 0.2) is 0 Å². The lowest BCUT2D eigenvalue weighted by Gasteiger charge is -2.16. The second kappa shape index (κ2) is 9.37. The lowest BCUT2D eigenvalue weighted by Crippen LogP contribution is -2.37. The van der Waals surface area contributed by atoms with E-state index in [2.05, 4.69) is 42.7 Å². The maximum absolute atomic E-state index is 11.8. The van der Waals surface area contributed by atoms with E-state index in [1.54, 1.807) is 0 Å². The number of aryl methyl sites for hydroxylation is 2. The Morgan fingerprint density at radius 2 is 1.90 bits per heavy atom. The van der Waals surface area contributed by atoms with Crippen LogP contribution in [0.5, 0.6) is 0 Å². The van der Waals surface area contributed by atoms with Crippen molar-refractivity contribution in [1.82, 2.24) is 10.6 Å². The number of carbonyl (C=O) groups excluding carboxylic acids is 1. The summed E-state index contributed by atoms with van der Waals surface area (Å²) in [4.78, 5) is 11.8. The van der Waals surface area contributed by atoms with Gasteiger partial charge in [-0.1, -0.05) is 29.3 Å². The summed E-state index contributed by atoms with van der Waals surface area (Å²) in [6.07, 6.45) is 0.728. The molecule has 0 spiro atoms. The second-order valence-corrected chi connectivity index (χ2v) is 5.23. The largest absolute Gasteiger partial charge is 0.394 e. The zero-order valence-corrected chi connectivity index (χ0v) is 13.1. The molecule has 1 aromatic rings. The summed E-state index contributed by atoms with van der Waals surface area (Å²) < 4.78 is 5.12. The Hall–Kier alpha value is -1.59. The molecule has 3 N–H and O–H groups in total. The molecule has 1 atom stereocenters. The van der Waals surface area contributed by atoms with Gasteiger partial charge >= 0.3 is 6.03 Å². The predicted molar refractivity (Wildman–Crippen MR) is 83.4 cm³/mol. The number of nitrogens with one attached hydrogen (secondary N) is 2. The van der Waals surface area contributed by atoms with E-state index in [1.807, 2.05) is 6.92 Å². The molecule has 0 radical (unpaired) electrons. The third kappa shape index (κ3) is 7.11. The van der Waals surface area contributed by atoms with Crippen LogP contribution in [0.4, 0.5) is 4.79 Å². The molecule has 0 aliphatic heterocycles. The van der Waals surface area contributed by atoms with Gasteiger partial charge in [-0.25, -0.2) is 4.79 Å². The number of aliphatic hydroxyl groups excluding tert-OH is 1. The third-order valence-corrected chi connectivity index (χ3v) is 3.08. The zero-order valence-electron chi connectivity index (χ0n) is 13.1. The van der Waals surface area contributed by atoms with Gasteiger partial charge in [-0.3, -0.25) is 0 Å². The summed E-state index contributed by atoms with van der Waals surface area (Å²) >= 11 is 0. The molecular formula is C16H26N2O3. The van der Waals surface area contributed by atoms with E-state index in [-0.39, 0.29) is 18.7 Å². The minimum absolute atomic E-state index is 0.0291. The Labute approximate surface area is 126 Å². The topological polar surface area (TPSA) is 70.6 Å². The number of hydrogen-bond acceptors (Lipinski definition) is 3. The standard InChI is InChI=1S/C16H26N2O3/c1-12-9-13(2)11-15(10-12)14(3)18-16(20)17-5-4-7-21-8-6-19/h9-11,14,19H,4-8H2,1-3H3,(H2,17,18,20). The van der Waals surface area contributed by atoms with E-state index in [4.69, 9.17) is 9.84 Å². The Bertz CT molecular complexity index is 429. The van der Waals surface area contributed by atoms with Crippen molar-refractivity contribution in [3.63, 3.8) is 0 Å². The Kier molecular flexibility index (Phi) is 7.79. The molecule has 0 bridgehead atoms. The molecule has 0 heterocycles. The van der Waals surface area contributed by atoms with Gasteiger partial charge in [0.25, 0.3) is 0 Å². The number of hydrogen-bond donors (Lipinski definition) is 3. The zero-order chi connectivity index (χ0) is 15.7. The molecule has 0 aliphatic carbocycles. The molecule has 0 saturated carbocycles. The van der Waals surface area contributed by atoms with Crippen LogP contribution in [-0.2, 0) is 4.74 Å². The van der Waals surface area contributed by atoms with Gasteiger partial charge in [0.1, 0.15) is 0 Å². The van der Waals surface area contributed by atoms with Crippen LogP contribution in [0.2, 0.25) is 0 Å². The fourth-order valence-corrected chi connectivity index (χ4v) is 2.13. The van der Waals surface area contributed by atoms with Crippen LogP contribution < -0.4 is 10.6 Å². The van der Waals surface area contributed by atoms with Crippen LogP contribution in [0.1, 0.15) is 36.1 Å². The molecular weight excluding hydrogens is 268 g/mol. The molecule has 0 aromatic heterocycles. The maximum atomic E-state index is 11.8. The number of aliphatic hydroxyl groups is 1. The molecule has 5 heteroatoms. The first-order valence-electron chi connectivity index (χ1n) is 7.34. The van der Waals surface area contributed by atoms with Crippen molar-refractivity contribution in [1.29, 1.82) is 0 Å². The average Bonchev–Trinajstić information content (AvgIpc) is 2.41. The van der Waals surface area contributed by atoms with Gasteiger partial charge < -0.3 is 20.5 Å². The summed E-state index contributed by atoms with van der Waals surface area (Å²) in [6.45, 7) is 7.53. The van der Waals surface area contributed by atoms with Crippen LogP contribution in [0.3, 0.4) is 0 Å². The van der Waals surface area contributed by atoms with Gasteiger partial charge in [-0.15, -0.1) is 0 Å². The minimum atomic E-state index is -0.177. The molecule has 1 unspecified atom stereocenters. The number of carbonyl (C=O) groups is 1. The summed E-state index contributed by atoms with van der Waals surface area (Å²) in [7, 11) is 0. The molecule has 5 nitrogen and oxygen atoms in total. The smallest absolute Gasteiger partial charge is 0.315 e. The normalized spacial score (nSPS) is 12.0. The van der Waals surface area contributed by atoms with Crippen molar-refractivity contribution >= 4 is 6.03 Å². The van der Waals surface area contributed by atoms with Crippen molar-refractivity contribution in [2.45, 2.75) is 33.2 Å². The van der Waals surface area contributed by atoms with E-state index < -0.39 is 0 Å². The van der Waals surface area contributed by atoms with Crippen molar-refractivity contribution in [2.75, 3.05) is 26.4 Å². The second-order valence-electron chi connectivity index (χ2n) is 5.23. The monoisotopic (exact) mass is 294 g/mol. The quantitative estimate of drug-likeness (QED) is 0.643. The molecule has 118 valence electrons. The molecule has 21 heavy (non-hydrogen) atoms. The van der Waals surface area contributed by atoms with Gasteiger partial charge in [-0.05, 0) is 32.8 Å². The molecule has 2 amide bonds. The Morgan fingerprint density at radius 3 is 2.52 bits per heavy atom. The minimum Gasteiger partial charge on any atom is -0.394 e. The van der Waals surface area contributed by atoms with E-state index >= 15 is 0 Å². The van der Waals surface area contributed by atoms with E-state index in [9.17, 15) is 4.79 Å². The third-order valence-electron chi connectivity index (χ3n) is 3.08. The van der Waals surface area contributed by atoms with Gasteiger partial charge in [0, 0.05) is 13.2 Å². The number of rotatable bonds is 8. The highest BCUT2D eigenvalue weighted by Crippen LogP contribution is 2.16. The molecule has 0 fully saturated rings. The number of amides is 2. The first-order valence-corrected chi connectivity index (χ1v) is 7.34. The van der Waals surface area contributed by atoms with Crippen LogP contribution >= 0.6 is 0 Å². The SMILES string of the molecule is Cc1cc(C)cc(C(C)NC(=O)NCCCOCCO)c1. The van der Waals surface area contributed by atoms with Crippen molar-refractivity contribution in [3.8, 4) is 0 Å². The average molecular weight is 294 g/mol. The number of urea groups is 1. The van der Waals surface area contributed by atoms with E-state index in [0.717, 1.165) is 12.0 Å². The van der Waals surface area contributed by atoms with E-state index in [0.29, 0.717) is 19.8 Å². The highest BCUT2D eigenvalue weighted by atomic mass is 16.5. The number of benzene rings is 1. The lowest BCUT2D eigenvalue weighted by atomic mass is 10.0. The van der Waals surface area contributed by atoms with Crippen LogP contribution in [0.15, 0.2) is 18.2 Å². The van der Waals surface area contributed by atoms with Crippen molar-refractivity contribution in [2.24, 2.45) is 0 Å². The van der Waals surface area contributed by atoms with Crippen LogP contribution in [0, 0.1) is 13.8 Å². The first-order chi connectivity index (χ1) is 10.0. The molecule has 1 rings (SSSR count). The van der Waals surface area contributed by atoms with Crippen molar-refractivity contribution in [3.05, 3.63) is 34.9 Å². The molecule has 0 aliphatic rings. The van der Waals surface area contributed by atoms with Crippen LogP contribution in [-0.4, -0.2) is 37.5 Å². The highest BCUT2D eigenvalue weighted by molar-refractivity contribution is 5.74. The number of ether oxygens (including phenoxy) is 1. The lowest BCUT2D eigenvalue weighted by molar-refractivity contribution is 0.0909. The first kappa shape index (κ1) is 17.5. The highest BCUT2D eigenvalue weighted by Gasteiger charge is 2.09. The fraction of sp³-hybridized carbons (Fsp3) is 0.562. The summed E-state index contributed by atoms with van der Waals surface area (Å²) in [5.74, 6) is 0. The van der Waals surface area contributed by atoms with Crippen LogP contribution in [0.25, 0.3) is 0 Å². The van der Waals surface area contributed by atoms with E-state index in [1.165, 1.54) is 11.1 Å². The van der Waals surface area contributed by atoms with Gasteiger partial charge in [0.2, 0.25) is 0 Å². The van der Waals surface area contributed by atoms with Gasteiger partial charge in [0.05, 0.1) is 19.3 Å². The van der Waals surface area contributed by atoms with Crippen molar-refractivity contribution < 1.29 is 14.6 Å². The Balaban J connectivity index is 2.30. The summed E-state index contributed by atoms with van der Waals surface area (Å²) in [5, 5.41) is 14.3. The summed E-state index contributed by atoms with van der Waals surface area (Å²) in [5.41, 5.74) is 3.49. The molecule has 1 aromatic carbocycles.